The molecule has 1 aromatic heterocycles. The summed E-state index contributed by atoms with van der Waals surface area (Å²) in [5.74, 6) is -0.282. The molecule has 2 aromatic rings. The number of aromatic amines is 1. The fourth-order valence-corrected chi connectivity index (χ4v) is 1.59. The van der Waals surface area contributed by atoms with E-state index in [1.54, 1.807) is 0 Å². The lowest BCUT2D eigenvalue weighted by Crippen LogP contribution is -2.13. The number of H-pyrrole nitrogens is 1. The molecule has 0 fully saturated rings. The summed E-state index contributed by atoms with van der Waals surface area (Å²) in [6.07, 6.45) is 1.38. The lowest BCUT2D eigenvalue weighted by Gasteiger charge is -2.06. The summed E-state index contributed by atoms with van der Waals surface area (Å²) in [4.78, 5) is 11.7. The number of hydrogen-bond donors (Lipinski definition) is 2. The van der Waals surface area contributed by atoms with Crippen molar-refractivity contribution in [2.45, 2.75) is 6.92 Å². The van der Waals surface area contributed by atoms with E-state index in [-0.39, 0.29) is 11.6 Å². The Labute approximate surface area is 100 Å². The first-order valence-corrected chi connectivity index (χ1v) is 5.39. The minimum Gasteiger partial charge on any atom is -0.320 e. The molecule has 0 saturated heterocycles. The summed E-state index contributed by atoms with van der Waals surface area (Å²) in [6, 6.07) is 5.68. The first kappa shape index (κ1) is 10.8. The van der Waals surface area contributed by atoms with Gasteiger partial charge < -0.3 is 5.32 Å². The van der Waals surface area contributed by atoms with E-state index in [2.05, 4.69) is 36.7 Å². The number of rotatable bonds is 2. The highest BCUT2D eigenvalue weighted by Crippen LogP contribution is 2.20. The van der Waals surface area contributed by atoms with Gasteiger partial charge in [-0.2, -0.15) is 15.4 Å². The fraction of sp³-hybridized carbons (Fsp3) is 0.100. The summed E-state index contributed by atoms with van der Waals surface area (Å²) in [5.41, 5.74) is 2.00. The van der Waals surface area contributed by atoms with E-state index < -0.39 is 0 Å². The molecule has 5 nitrogen and oxygen atoms in total. The number of halogens is 1. The van der Waals surface area contributed by atoms with E-state index in [9.17, 15) is 4.79 Å². The minimum atomic E-state index is -0.282. The number of nitrogens with zero attached hydrogens (tertiary/aromatic N) is 2. The maximum atomic E-state index is 11.7. The molecule has 0 saturated carbocycles. The lowest BCUT2D eigenvalue weighted by molar-refractivity contribution is 0.102. The van der Waals surface area contributed by atoms with Crippen molar-refractivity contribution in [3.8, 4) is 0 Å². The van der Waals surface area contributed by atoms with Crippen LogP contribution >= 0.6 is 15.9 Å². The molecule has 0 spiro atoms. The van der Waals surface area contributed by atoms with Crippen molar-refractivity contribution < 1.29 is 4.79 Å². The first-order valence-electron chi connectivity index (χ1n) is 4.60. The molecule has 0 atom stereocenters. The van der Waals surface area contributed by atoms with Gasteiger partial charge in [-0.1, -0.05) is 22.0 Å². The van der Waals surface area contributed by atoms with Crippen molar-refractivity contribution >= 4 is 27.5 Å². The highest BCUT2D eigenvalue weighted by Gasteiger charge is 2.10. The van der Waals surface area contributed by atoms with Crippen LogP contribution in [0.2, 0.25) is 0 Å². The minimum absolute atomic E-state index is 0.263. The lowest BCUT2D eigenvalue weighted by atomic mass is 10.2. The van der Waals surface area contributed by atoms with Crippen LogP contribution in [0.15, 0.2) is 28.9 Å². The van der Waals surface area contributed by atoms with Gasteiger partial charge >= 0.3 is 0 Å². The number of amides is 1. The third kappa shape index (κ3) is 2.27. The van der Waals surface area contributed by atoms with E-state index in [0.29, 0.717) is 0 Å². The highest BCUT2D eigenvalue weighted by atomic mass is 79.9. The van der Waals surface area contributed by atoms with Crippen molar-refractivity contribution in [1.82, 2.24) is 15.4 Å². The molecule has 1 amide bonds. The third-order valence-corrected chi connectivity index (χ3v) is 2.59. The Balaban J connectivity index is 2.21. The summed E-state index contributed by atoms with van der Waals surface area (Å²) in [7, 11) is 0. The Bertz CT molecular complexity index is 510. The molecule has 82 valence electrons. The molecule has 16 heavy (non-hydrogen) atoms. The van der Waals surface area contributed by atoms with Gasteiger partial charge in [0.05, 0.1) is 6.20 Å². The van der Waals surface area contributed by atoms with E-state index >= 15 is 0 Å². The second-order valence-electron chi connectivity index (χ2n) is 3.27. The fourth-order valence-electron chi connectivity index (χ4n) is 1.23. The van der Waals surface area contributed by atoms with E-state index in [1.165, 1.54) is 6.20 Å². The van der Waals surface area contributed by atoms with Crippen LogP contribution in [0, 0.1) is 6.92 Å². The first-order chi connectivity index (χ1) is 7.66. The molecule has 1 aromatic carbocycles. The zero-order valence-electron chi connectivity index (χ0n) is 8.49. The van der Waals surface area contributed by atoms with Gasteiger partial charge in [0, 0.05) is 10.2 Å². The molecule has 2 N–H and O–H groups in total. The van der Waals surface area contributed by atoms with Crippen LogP contribution in [0.25, 0.3) is 0 Å². The van der Waals surface area contributed by atoms with Gasteiger partial charge in [-0.05, 0) is 24.6 Å². The van der Waals surface area contributed by atoms with Gasteiger partial charge in [0.15, 0.2) is 5.69 Å². The van der Waals surface area contributed by atoms with Gasteiger partial charge in [0.25, 0.3) is 5.91 Å². The number of carbonyl (C=O) groups is 1. The maximum absolute atomic E-state index is 11.7. The van der Waals surface area contributed by atoms with Crippen LogP contribution in [-0.2, 0) is 0 Å². The smallest absolute Gasteiger partial charge is 0.277 e. The molecule has 0 aliphatic carbocycles. The van der Waals surface area contributed by atoms with Gasteiger partial charge in [-0.15, -0.1) is 0 Å². The van der Waals surface area contributed by atoms with Crippen molar-refractivity contribution in [1.29, 1.82) is 0 Å². The molecular weight excluding hydrogens is 272 g/mol. The number of nitrogens with one attached hydrogen (secondary N) is 2. The van der Waals surface area contributed by atoms with Crippen molar-refractivity contribution in [2.24, 2.45) is 0 Å². The largest absolute Gasteiger partial charge is 0.320 e. The van der Waals surface area contributed by atoms with Crippen LogP contribution in [0.3, 0.4) is 0 Å². The number of hydrogen-bond acceptors (Lipinski definition) is 3. The third-order valence-electron chi connectivity index (χ3n) is 2.10. The second kappa shape index (κ2) is 4.44. The standard InChI is InChI=1S/C10H9BrN4O/c1-6-2-3-7(11)4-8(6)13-10(16)9-5-12-15-14-9/h2-5H,1H3,(H,13,16)(H,12,14,15). The normalized spacial score (nSPS) is 10.1. The molecule has 0 aliphatic heterocycles. The van der Waals surface area contributed by atoms with Crippen molar-refractivity contribution in [2.75, 3.05) is 5.32 Å². The van der Waals surface area contributed by atoms with Gasteiger partial charge in [-0.25, -0.2) is 0 Å². The topological polar surface area (TPSA) is 70.7 Å². The Hall–Kier alpha value is -1.69. The molecular formula is C10H9BrN4O. The van der Waals surface area contributed by atoms with Crippen LogP contribution < -0.4 is 5.32 Å². The average Bonchev–Trinajstić information content (AvgIpc) is 2.76. The zero-order valence-corrected chi connectivity index (χ0v) is 10.1. The summed E-state index contributed by atoms with van der Waals surface area (Å²) < 4.78 is 0.911. The van der Waals surface area contributed by atoms with Crippen molar-refractivity contribution in [3.63, 3.8) is 0 Å². The number of aromatic nitrogens is 3. The number of benzene rings is 1. The molecule has 2 rings (SSSR count). The highest BCUT2D eigenvalue weighted by molar-refractivity contribution is 9.10. The summed E-state index contributed by atoms with van der Waals surface area (Å²) in [6.45, 7) is 1.92. The predicted molar refractivity (Wildman–Crippen MR) is 63.2 cm³/mol. The Morgan fingerprint density at radius 1 is 1.50 bits per heavy atom. The number of carbonyl (C=O) groups excluding carboxylic acids is 1. The SMILES string of the molecule is Cc1ccc(Br)cc1NC(=O)c1cn[nH]n1. The van der Waals surface area contributed by atoms with Crippen molar-refractivity contribution in [3.05, 3.63) is 40.1 Å². The average molecular weight is 281 g/mol. The molecule has 0 radical (unpaired) electrons. The quantitative estimate of drug-likeness (QED) is 0.885. The Kier molecular flexibility index (Phi) is 3.00. The zero-order chi connectivity index (χ0) is 11.5. The van der Waals surface area contributed by atoms with Gasteiger partial charge in [0.2, 0.25) is 0 Å². The maximum Gasteiger partial charge on any atom is 0.277 e. The second-order valence-corrected chi connectivity index (χ2v) is 4.18. The molecule has 1 heterocycles. The molecule has 0 unspecified atom stereocenters. The Morgan fingerprint density at radius 2 is 2.31 bits per heavy atom. The van der Waals surface area contributed by atoms with E-state index in [0.717, 1.165) is 15.7 Å². The summed E-state index contributed by atoms with van der Waals surface area (Å²) in [5, 5.41) is 12.4. The number of aryl methyl sites for hydroxylation is 1. The Morgan fingerprint density at radius 3 is 3.00 bits per heavy atom. The molecule has 0 aliphatic rings. The van der Waals surface area contributed by atoms with Gasteiger partial charge in [0.1, 0.15) is 0 Å². The van der Waals surface area contributed by atoms with Crippen LogP contribution in [0.5, 0.6) is 0 Å². The van der Waals surface area contributed by atoms with Gasteiger partial charge in [-0.3, -0.25) is 4.79 Å². The predicted octanol–water partition coefficient (Wildman–Crippen LogP) is 2.13. The molecule has 6 heteroatoms. The van der Waals surface area contributed by atoms with Crippen LogP contribution in [0.1, 0.15) is 16.1 Å². The summed E-state index contributed by atoms with van der Waals surface area (Å²) >= 11 is 3.35. The van der Waals surface area contributed by atoms with E-state index in [1.807, 2.05) is 25.1 Å². The van der Waals surface area contributed by atoms with E-state index in [4.69, 9.17) is 0 Å². The molecule has 0 bridgehead atoms. The van der Waals surface area contributed by atoms with Crippen LogP contribution in [0.4, 0.5) is 5.69 Å². The number of anilines is 1. The monoisotopic (exact) mass is 280 g/mol. The van der Waals surface area contributed by atoms with Crippen LogP contribution in [-0.4, -0.2) is 21.3 Å².